The first-order chi connectivity index (χ1) is 9.17. The summed E-state index contributed by atoms with van der Waals surface area (Å²) in [6.07, 6.45) is 5.52. The number of hydrogen-bond donors (Lipinski definition) is 1. The standard InChI is InChI=1S/C17H27NO/c1-5-16-8-6-7-11-18(16)12-15-9-10-17(19-4)14(3)13(15)2/h9-10,16H,5-8,11-12H2,1-4H3/p+1/t16-/m0/s1. The van der Waals surface area contributed by atoms with Crippen LogP contribution in [0.1, 0.15) is 49.3 Å². The molecule has 0 saturated carbocycles. The molecule has 1 fully saturated rings. The molecule has 2 rings (SSSR count). The normalized spacial score (nSPS) is 23.4. The van der Waals surface area contributed by atoms with Gasteiger partial charge in [-0.2, -0.15) is 0 Å². The van der Waals surface area contributed by atoms with Crippen molar-refractivity contribution in [3.63, 3.8) is 0 Å². The first-order valence-electron chi connectivity index (χ1n) is 7.65. The van der Waals surface area contributed by atoms with Gasteiger partial charge in [0.25, 0.3) is 0 Å². The predicted molar refractivity (Wildman–Crippen MR) is 79.9 cm³/mol. The van der Waals surface area contributed by atoms with Crippen LogP contribution in [0.15, 0.2) is 12.1 Å². The maximum atomic E-state index is 5.41. The Bertz CT molecular complexity index is 428. The van der Waals surface area contributed by atoms with Gasteiger partial charge in [0.15, 0.2) is 0 Å². The number of ether oxygens (including phenoxy) is 1. The molecule has 1 aliphatic rings. The van der Waals surface area contributed by atoms with Crippen LogP contribution in [-0.2, 0) is 6.54 Å². The fourth-order valence-corrected chi connectivity index (χ4v) is 3.39. The molecule has 0 radical (unpaired) electrons. The van der Waals surface area contributed by atoms with Crippen LogP contribution in [-0.4, -0.2) is 19.7 Å². The Morgan fingerprint density at radius 1 is 1.21 bits per heavy atom. The highest BCUT2D eigenvalue weighted by Crippen LogP contribution is 2.23. The lowest BCUT2D eigenvalue weighted by molar-refractivity contribution is -0.944. The van der Waals surface area contributed by atoms with Crippen molar-refractivity contribution in [2.45, 2.75) is 59.0 Å². The second-order valence-corrected chi connectivity index (χ2v) is 5.86. The fraction of sp³-hybridized carbons (Fsp3) is 0.647. The number of hydrogen-bond acceptors (Lipinski definition) is 1. The second kappa shape index (κ2) is 6.42. The third-order valence-electron chi connectivity index (χ3n) is 4.86. The number of piperidine rings is 1. The second-order valence-electron chi connectivity index (χ2n) is 5.86. The molecule has 2 atom stereocenters. The minimum atomic E-state index is 0.857. The van der Waals surface area contributed by atoms with Gasteiger partial charge in [0.05, 0.1) is 19.7 Å². The highest BCUT2D eigenvalue weighted by Gasteiger charge is 2.25. The van der Waals surface area contributed by atoms with Gasteiger partial charge in [-0.1, -0.05) is 6.92 Å². The molecule has 1 aromatic rings. The van der Waals surface area contributed by atoms with Crippen molar-refractivity contribution in [2.24, 2.45) is 0 Å². The zero-order valence-electron chi connectivity index (χ0n) is 12.9. The minimum absolute atomic E-state index is 0.857. The zero-order chi connectivity index (χ0) is 13.8. The molecule has 2 heteroatoms. The van der Waals surface area contributed by atoms with Crippen molar-refractivity contribution in [1.82, 2.24) is 0 Å². The SMILES string of the molecule is CC[C@H]1CCCC[NH+]1Cc1ccc(OC)c(C)c1C. The topological polar surface area (TPSA) is 13.7 Å². The van der Waals surface area contributed by atoms with Gasteiger partial charge in [0.2, 0.25) is 0 Å². The van der Waals surface area contributed by atoms with Crippen molar-refractivity contribution in [1.29, 1.82) is 0 Å². The van der Waals surface area contributed by atoms with Crippen LogP contribution in [0, 0.1) is 13.8 Å². The molecule has 1 saturated heterocycles. The number of methoxy groups -OCH3 is 1. The molecular formula is C17H28NO+. The average Bonchev–Trinajstić information content (AvgIpc) is 2.45. The Balaban J connectivity index is 2.16. The van der Waals surface area contributed by atoms with E-state index in [0.29, 0.717) is 0 Å². The van der Waals surface area contributed by atoms with E-state index < -0.39 is 0 Å². The van der Waals surface area contributed by atoms with Crippen molar-refractivity contribution in [2.75, 3.05) is 13.7 Å². The van der Waals surface area contributed by atoms with E-state index >= 15 is 0 Å². The molecule has 1 heterocycles. The number of rotatable bonds is 4. The summed E-state index contributed by atoms with van der Waals surface area (Å²) in [6, 6.07) is 5.24. The lowest BCUT2D eigenvalue weighted by Crippen LogP contribution is -3.15. The molecule has 0 aromatic heterocycles. The highest BCUT2D eigenvalue weighted by atomic mass is 16.5. The minimum Gasteiger partial charge on any atom is -0.496 e. The Morgan fingerprint density at radius 2 is 2.00 bits per heavy atom. The van der Waals surface area contributed by atoms with Gasteiger partial charge in [-0.25, -0.2) is 0 Å². The number of likely N-dealkylation sites (tertiary alicyclic amines) is 1. The van der Waals surface area contributed by atoms with E-state index in [1.165, 1.54) is 55.5 Å². The molecule has 0 bridgehead atoms. The Labute approximate surface area is 117 Å². The molecule has 2 nitrogen and oxygen atoms in total. The fourth-order valence-electron chi connectivity index (χ4n) is 3.39. The summed E-state index contributed by atoms with van der Waals surface area (Å²) in [5.41, 5.74) is 4.20. The van der Waals surface area contributed by atoms with Gasteiger partial charge in [-0.15, -0.1) is 0 Å². The summed E-state index contributed by atoms with van der Waals surface area (Å²) < 4.78 is 5.41. The van der Waals surface area contributed by atoms with Gasteiger partial charge < -0.3 is 9.64 Å². The molecule has 1 unspecified atom stereocenters. The van der Waals surface area contributed by atoms with Crippen molar-refractivity contribution >= 4 is 0 Å². The Morgan fingerprint density at radius 3 is 2.68 bits per heavy atom. The quantitative estimate of drug-likeness (QED) is 0.881. The molecule has 19 heavy (non-hydrogen) atoms. The van der Waals surface area contributed by atoms with E-state index in [1.54, 1.807) is 12.0 Å². The summed E-state index contributed by atoms with van der Waals surface area (Å²) in [5, 5.41) is 0. The maximum absolute atomic E-state index is 5.41. The third kappa shape index (κ3) is 3.11. The Hall–Kier alpha value is -1.02. The van der Waals surface area contributed by atoms with Crippen molar-refractivity contribution in [3.8, 4) is 5.75 Å². The summed E-state index contributed by atoms with van der Waals surface area (Å²) in [6.45, 7) is 9.25. The highest BCUT2D eigenvalue weighted by molar-refractivity contribution is 5.43. The number of nitrogens with one attached hydrogen (secondary N) is 1. The van der Waals surface area contributed by atoms with Crippen LogP contribution in [0.4, 0.5) is 0 Å². The van der Waals surface area contributed by atoms with Gasteiger partial charge >= 0.3 is 0 Å². The van der Waals surface area contributed by atoms with Gasteiger partial charge in [-0.05, 0) is 62.8 Å². The monoisotopic (exact) mass is 262 g/mol. The zero-order valence-corrected chi connectivity index (χ0v) is 12.9. The number of quaternary nitrogens is 1. The molecule has 1 N–H and O–H groups in total. The van der Waals surface area contributed by atoms with Crippen LogP contribution < -0.4 is 9.64 Å². The van der Waals surface area contributed by atoms with E-state index in [0.717, 1.165) is 11.8 Å². The molecule has 1 aromatic carbocycles. The molecule has 0 amide bonds. The van der Waals surface area contributed by atoms with Crippen LogP contribution in [0.2, 0.25) is 0 Å². The largest absolute Gasteiger partial charge is 0.496 e. The summed E-state index contributed by atoms with van der Waals surface area (Å²) in [4.78, 5) is 1.78. The Kier molecular flexibility index (Phi) is 4.87. The van der Waals surface area contributed by atoms with Crippen molar-refractivity contribution in [3.05, 3.63) is 28.8 Å². The lowest BCUT2D eigenvalue weighted by Gasteiger charge is -2.32. The first-order valence-corrected chi connectivity index (χ1v) is 7.65. The van der Waals surface area contributed by atoms with E-state index in [4.69, 9.17) is 4.74 Å². The molecular weight excluding hydrogens is 234 g/mol. The summed E-state index contributed by atoms with van der Waals surface area (Å²) >= 11 is 0. The molecule has 0 aliphatic carbocycles. The smallest absolute Gasteiger partial charge is 0.122 e. The van der Waals surface area contributed by atoms with E-state index in [1.807, 2.05) is 0 Å². The first kappa shape index (κ1) is 14.4. The van der Waals surface area contributed by atoms with Crippen LogP contribution in [0.5, 0.6) is 5.75 Å². The van der Waals surface area contributed by atoms with E-state index in [2.05, 4.69) is 32.9 Å². The molecule has 106 valence electrons. The van der Waals surface area contributed by atoms with Gasteiger partial charge in [0.1, 0.15) is 12.3 Å². The van der Waals surface area contributed by atoms with Gasteiger partial charge in [0, 0.05) is 5.56 Å². The summed E-state index contributed by atoms with van der Waals surface area (Å²) in [7, 11) is 1.75. The molecule has 1 aliphatic heterocycles. The average molecular weight is 262 g/mol. The number of benzene rings is 1. The van der Waals surface area contributed by atoms with Crippen LogP contribution in [0.25, 0.3) is 0 Å². The predicted octanol–water partition coefficient (Wildman–Crippen LogP) is 2.66. The summed E-state index contributed by atoms with van der Waals surface area (Å²) in [5.74, 6) is 1.02. The van der Waals surface area contributed by atoms with Crippen LogP contribution >= 0.6 is 0 Å². The maximum Gasteiger partial charge on any atom is 0.122 e. The van der Waals surface area contributed by atoms with E-state index in [9.17, 15) is 0 Å². The van der Waals surface area contributed by atoms with Gasteiger partial charge in [-0.3, -0.25) is 0 Å². The van der Waals surface area contributed by atoms with E-state index in [-0.39, 0.29) is 0 Å². The molecule has 0 spiro atoms. The lowest BCUT2D eigenvalue weighted by atomic mass is 9.97. The van der Waals surface area contributed by atoms with Crippen LogP contribution in [0.3, 0.4) is 0 Å². The third-order valence-corrected chi connectivity index (χ3v) is 4.86. The van der Waals surface area contributed by atoms with Crippen molar-refractivity contribution < 1.29 is 9.64 Å².